The third kappa shape index (κ3) is 2.89. The Morgan fingerprint density at radius 2 is 2.21 bits per heavy atom. The number of carbonyl (C=O) groups excluding carboxylic acids is 1. The van der Waals surface area contributed by atoms with E-state index in [4.69, 9.17) is 0 Å². The summed E-state index contributed by atoms with van der Waals surface area (Å²) in [5.74, 6) is -0.892. The molecule has 0 bridgehead atoms. The Labute approximate surface area is 110 Å². The molecule has 2 rings (SSSR count). The van der Waals surface area contributed by atoms with Crippen LogP contribution in [0.15, 0.2) is 18.2 Å². The van der Waals surface area contributed by atoms with Crippen LogP contribution >= 0.6 is 0 Å². The number of benzene rings is 1. The van der Waals surface area contributed by atoms with Crippen LogP contribution in [-0.2, 0) is 0 Å². The van der Waals surface area contributed by atoms with Gasteiger partial charge in [-0.25, -0.2) is 4.39 Å². The highest BCUT2D eigenvalue weighted by Crippen LogP contribution is 2.26. The lowest BCUT2D eigenvalue weighted by molar-refractivity contribution is -0.385. The molecule has 1 aromatic rings. The first kappa shape index (κ1) is 13.5. The highest BCUT2D eigenvalue weighted by Gasteiger charge is 2.28. The average molecular weight is 266 g/mol. The van der Waals surface area contributed by atoms with Crippen molar-refractivity contribution < 1.29 is 14.1 Å². The number of nitro benzene ring substituents is 1. The molecular formula is C13H15FN2O3. The van der Waals surface area contributed by atoms with Gasteiger partial charge >= 0.3 is 0 Å². The van der Waals surface area contributed by atoms with Crippen molar-refractivity contribution >= 4 is 11.6 Å². The maximum atomic E-state index is 13.2. The van der Waals surface area contributed by atoms with Gasteiger partial charge in [-0.15, -0.1) is 0 Å². The summed E-state index contributed by atoms with van der Waals surface area (Å²) in [4.78, 5) is 22.2. The average Bonchev–Trinajstić information content (AvgIpc) is 2.74. The summed E-state index contributed by atoms with van der Waals surface area (Å²) in [5, 5.41) is 13.6. The Morgan fingerprint density at radius 3 is 2.79 bits per heavy atom. The number of halogens is 1. The molecule has 1 fully saturated rings. The smallest absolute Gasteiger partial charge is 0.282 e. The number of carbonyl (C=O) groups is 1. The largest absolute Gasteiger partial charge is 0.349 e. The van der Waals surface area contributed by atoms with E-state index in [-0.39, 0.29) is 17.3 Å². The van der Waals surface area contributed by atoms with Crippen molar-refractivity contribution in [3.63, 3.8) is 0 Å². The minimum absolute atomic E-state index is 0.00960. The third-order valence-corrected chi connectivity index (χ3v) is 3.58. The molecule has 0 unspecified atom stereocenters. The molecular weight excluding hydrogens is 251 g/mol. The van der Waals surface area contributed by atoms with Crippen LogP contribution in [0.5, 0.6) is 0 Å². The van der Waals surface area contributed by atoms with Gasteiger partial charge in [0.2, 0.25) is 0 Å². The van der Waals surface area contributed by atoms with Gasteiger partial charge in [0.15, 0.2) is 0 Å². The quantitative estimate of drug-likeness (QED) is 0.675. The standard InChI is InChI=1S/C13H15FN2O3/c1-8-3-2-4-11(8)15-13(17)10-7-9(14)5-6-12(10)16(18)19/h5-8,11H,2-4H2,1H3,(H,15,17)/t8-,11-/m1/s1. The predicted octanol–water partition coefficient (Wildman–Crippen LogP) is 2.65. The van der Waals surface area contributed by atoms with E-state index in [1.807, 2.05) is 6.92 Å². The Hall–Kier alpha value is -1.98. The second kappa shape index (κ2) is 5.34. The summed E-state index contributed by atoms with van der Waals surface area (Å²) >= 11 is 0. The summed E-state index contributed by atoms with van der Waals surface area (Å²) in [6, 6.07) is 2.91. The first-order chi connectivity index (χ1) is 8.99. The zero-order chi connectivity index (χ0) is 14.0. The number of hydrogen-bond acceptors (Lipinski definition) is 3. The topological polar surface area (TPSA) is 72.2 Å². The SMILES string of the molecule is C[C@@H]1CCC[C@H]1NC(=O)c1cc(F)ccc1[N+](=O)[O-]. The van der Waals surface area contributed by atoms with Gasteiger partial charge in [0.1, 0.15) is 11.4 Å². The normalized spacial score (nSPS) is 22.2. The second-order valence-electron chi connectivity index (χ2n) is 4.91. The molecule has 0 aliphatic heterocycles. The molecule has 0 aromatic heterocycles. The zero-order valence-electron chi connectivity index (χ0n) is 10.6. The number of amides is 1. The fourth-order valence-corrected chi connectivity index (χ4v) is 2.46. The van der Waals surface area contributed by atoms with Gasteiger partial charge in [0, 0.05) is 12.1 Å². The van der Waals surface area contributed by atoms with E-state index in [1.165, 1.54) is 0 Å². The molecule has 6 heteroatoms. The fraction of sp³-hybridized carbons (Fsp3) is 0.462. The van der Waals surface area contributed by atoms with Crippen molar-refractivity contribution in [2.75, 3.05) is 0 Å². The van der Waals surface area contributed by atoms with Gasteiger partial charge in [-0.05, 0) is 30.9 Å². The number of nitrogens with one attached hydrogen (secondary N) is 1. The van der Waals surface area contributed by atoms with Crippen molar-refractivity contribution in [3.05, 3.63) is 39.7 Å². The van der Waals surface area contributed by atoms with Gasteiger partial charge in [0.25, 0.3) is 11.6 Å². The zero-order valence-corrected chi connectivity index (χ0v) is 10.6. The van der Waals surface area contributed by atoms with Crippen LogP contribution in [0.2, 0.25) is 0 Å². The Morgan fingerprint density at radius 1 is 1.47 bits per heavy atom. The van der Waals surface area contributed by atoms with Crippen LogP contribution in [0.1, 0.15) is 36.5 Å². The summed E-state index contributed by atoms with van der Waals surface area (Å²) in [6.07, 6.45) is 2.91. The molecule has 0 saturated heterocycles. The van der Waals surface area contributed by atoms with Gasteiger partial charge in [-0.3, -0.25) is 14.9 Å². The van der Waals surface area contributed by atoms with E-state index >= 15 is 0 Å². The lowest BCUT2D eigenvalue weighted by Gasteiger charge is -2.17. The van der Waals surface area contributed by atoms with E-state index < -0.39 is 16.6 Å². The molecule has 0 radical (unpaired) electrons. The van der Waals surface area contributed by atoms with Crippen LogP contribution in [0.3, 0.4) is 0 Å². The van der Waals surface area contributed by atoms with Crippen LogP contribution in [-0.4, -0.2) is 16.9 Å². The maximum absolute atomic E-state index is 13.2. The molecule has 1 aromatic carbocycles. The molecule has 0 heterocycles. The molecule has 5 nitrogen and oxygen atoms in total. The molecule has 1 saturated carbocycles. The van der Waals surface area contributed by atoms with Crippen molar-refractivity contribution in [2.45, 2.75) is 32.2 Å². The van der Waals surface area contributed by atoms with Crippen LogP contribution in [0.4, 0.5) is 10.1 Å². The molecule has 2 atom stereocenters. The maximum Gasteiger partial charge on any atom is 0.282 e. The van der Waals surface area contributed by atoms with Gasteiger partial charge in [-0.2, -0.15) is 0 Å². The Balaban J connectivity index is 2.22. The van der Waals surface area contributed by atoms with Crippen molar-refractivity contribution in [1.82, 2.24) is 5.32 Å². The van der Waals surface area contributed by atoms with Gasteiger partial charge < -0.3 is 5.32 Å². The van der Waals surface area contributed by atoms with Gasteiger partial charge in [-0.1, -0.05) is 13.3 Å². The monoisotopic (exact) mass is 266 g/mol. The summed E-state index contributed by atoms with van der Waals surface area (Å²) in [7, 11) is 0. The molecule has 1 N–H and O–H groups in total. The van der Waals surface area contributed by atoms with E-state index in [9.17, 15) is 19.3 Å². The lowest BCUT2D eigenvalue weighted by Crippen LogP contribution is -2.36. The van der Waals surface area contributed by atoms with Crippen molar-refractivity contribution in [3.8, 4) is 0 Å². The minimum Gasteiger partial charge on any atom is -0.349 e. The summed E-state index contributed by atoms with van der Waals surface area (Å²) in [5.41, 5.74) is -0.589. The van der Waals surface area contributed by atoms with Crippen LogP contribution in [0.25, 0.3) is 0 Å². The number of rotatable bonds is 3. The number of hydrogen-bond donors (Lipinski definition) is 1. The Bertz CT molecular complexity index is 519. The predicted molar refractivity (Wildman–Crippen MR) is 67.3 cm³/mol. The third-order valence-electron chi connectivity index (χ3n) is 3.58. The van der Waals surface area contributed by atoms with E-state index in [1.54, 1.807) is 0 Å². The minimum atomic E-state index is -0.674. The molecule has 102 valence electrons. The number of nitro groups is 1. The summed E-state index contributed by atoms with van der Waals surface area (Å²) in [6.45, 7) is 2.03. The van der Waals surface area contributed by atoms with Crippen molar-refractivity contribution in [2.24, 2.45) is 5.92 Å². The Kier molecular flexibility index (Phi) is 3.78. The highest BCUT2D eigenvalue weighted by molar-refractivity contribution is 5.98. The van der Waals surface area contributed by atoms with E-state index in [0.29, 0.717) is 5.92 Å². The van der Waals surface area contributed by atoms with E-state index in [0.717, 1.165) is 37.5 Å². The lowest BCUT2D eigenvalue weighted by atomic mass is 10.1. The first-order valence-electron chi connectivity index (χ1n) is 6.24. The molecule has 1 amide bonds. The van der Waals surface area contributed by atoms with Gasteiger partial charge in [0.05, 0.1) is 4.92 Å². The van der Waals surface area contributed by atoms with Crippen molar-refractivity contribution in [1.29, 1.82) is 0 Å². The number of nitrogens with zero attached hydrogens (tertiary/aromatic N) is 1. The highest BCUT2D eigenvalue weighted by atomic mass is 19.1. The summed E-state index contributed by atoms with van der Waals surface area (Å²) < 4.78 is 13.2. The van der Waals surface area contributed by atoms with Crippen LogP contribution < -0.4 is 5.32 Å². The fourth-order valence-electron chi connectivity index (χ4n) is 2.46. The second-order valence-corrected chi connectivity index (χ2v) is 4.91. The molecule has 1 aliphatic carbocycles. The molecule has 19 heavy (non-hydrogen) atoms. The van der Waals surface area contributed by atoms with Crippen LogP contribution in [0, 0.1) is 21.8 Å². The molecule has 1 aliphatic rings. The van der Waals surface area contributed by atoms with E-state index in [2.05, 4.69) is 5.32 Å². The molecule has 0 spiro atoms. The first-order valence-corrected chi connectivity index (χ1v) is 6.24.